The van der Waals surface area contributed by atoms with Gasteiger partial charge in [0, 0.05) is 31.1 Å². The Hall–Kier alpha value is -2.37. The predicted molar refractivity (Wildman–Crippen MR) is 81.2 cm³/mol. The van der Waals surface area contributed by atoms with Gasteiger partial charge < -0.3 is 15.3 Å². The molecule has 0 aliphatic carbocycles. The lowest BCUT2D eigenvalue weighted by atomic mass is 9.95. The van der Waals surface area contributed by atoms with Crippen LogP contribution in [0.4, 0.5) is 5.69 Å². The lowest BCUT2D eigenvalue weighted by molar-refractivity contribution is -0.141. The zero-order valence-electron chi connectivity index (χ0n) is 12.3. The molecule has 6 heteroatoms. The van der Waals surface area contributed by atoms with Gasteiger partial charge in [0.1, 0.15) is 0 Å². The average Bonchev–Trinajstić information content (AvgIpc) is 2.53. The summed E-state index contributed by atoms with van der Waals surface area (Å²) in [5.41, 5.74) is 0.771. The molecule has 1 saturated heterocycles. The summed E-state index contributed by atoms with van der Waals surface area (Å²) in [6.07, 6.45) is 1.10. The number of nitrogens with one attached hydrogen (secondary N) is 1. The fourth-order valence-corrected chi connectivity index (χ4v) is 2.53. The number of carboxylic acids is 1. The van der Waals surface area contributed by atoms with Crippen LogP contribution in [0.5, 0.6) is 0 Å². The van der Waals surface area contributed by atoms with Crippen LogP contribution in [0.2, 0.25) is 0 Å². The second-order valence-corrected chi connectivity index (χ2v) is 5.40. The quantitative estimate of drug-likeness (QED) is 0.867. The summed E-state index contributed by atoms with van der Waals surface area (Å²) in [6, 6.07) is 9.28. The number of amides is 2. The van der Waals surface area contributed by atoms with Gasteiger partial charge in [-0.25, -0.2) is 0 Å². The summed E-state index contributed by atoms with van der Waals surface area (Å²) in [4.78, 5) is 36.1. The number of aliphatic carboxylic acids is 1. The molecule has 0 bridgehead atoms. The van der Waals surface area contributed by atoms with Crippen LogP contribution in [0.3, 0.4) is 0 Å². The minimum Gasteiger partial charge on any atom is -0.481 e. The van der Waals surface area contributed by atoms with Gasteiger partial charge in [0.15, 0.2) is 0 Å². The number of nitrogens with zero attached hydrogens (tertiary/aromatic N) is 1. The molecule has 1 fully saturated rings. The van der Waals surface area contributed by atoms with E-state index in [2.05, 4.69) is 5.32 Å². The Balaban J connectivity index is 1.78. The van der Waals surface area contributed by atoms with E-state index in [1.807, 2.05) is 30.3 Å². The first-order chi connectivity index (χ1) is 10.6. The highest BCUT2D eigenvalue weighted by Crippen LogP contribution is 2.20. The van der Waals surface area contributed by atoms with Crippen LogP contribution in [0.1, 0.15) is 25.7 Å². The van der Waals surface area contributed by atoms with Gasteiger partial charge in [-0.15, -0.1) is 0 Å². The molecule has 1 heterocycles. The highest BCUT2D eigenvalue weighted by atomic mass is 16.4. The second-order valence-electron chi connectivity index (χ2n) is 5.40. The molecule has 0 unspecified atom stereocenters. The zero-order valence-corrected chi connectivity index (χ0v) is 12.3. The molecule has 2 amide bonds. The third-order valence-corrected chi connectivity index (χ3v) is 3.81. The van der Waals surface area contributed by atoms with Crippen molar-refractivity contribution in [2.45, 2.75) is 25.7 Å². The maximum absolute atomic E-state index is 12.2. The van der Waals surface area contributed by atoms with Crippen molar-refractivity contribution in [2.75, 3.05) is 18.4 Å². The van der Waals surface area contributed by atoms with Crippen LogP contribution in [0.25, 0.3) is 0 Å². The lowest BCUT2D eigenvalue weighted by Gasteiger charge is -2.31. The van der Waals surface area contributed by atoms with Gasteiger partial charge >= 0.3 is 5.97 Å². The zero-order chi connectivity index (χ0) is 15.9. The maximum atomic E-state index is 12.2. The Kier molecular flexibility index (Phi) is 5.52. The van der Waals surface area contributed by atoms with Gasteiger partial charge in [-0.1, -0.05) is 18.2 Å². The Morgan fingerprint density at radius 1 is 1.09 bits per heavy atom. The van der Waals surface area contributed by atoms with E-state index < -0.39 is 5.97 Å². The molecule has 22 heavy (non-hydrogen) atoms. The molecule has 1 aromatic carbocycles. The fourth-order valence-electron chi connectivity index (χ4n) is 2.53. The van der Waals surface area contributed by atoms with Gasteiger partial charge in [-0.3, -0.25) is 14.4 Å². The van der Waals surface area contributed by atoms with E-state index in [1.54, 1.807) is 4.90 Å². The standard InChI is InChI=1S/C16H20N2O4/c19-14(6-7-15(20)21)18-10-8-12(9-11-18)16(22)17-13-4-2-1-3-5-13/h1-5,12H,6-11H2,(H,17,22)(H,20,21). The number of carboxylic acid groups (broad SMARTS) is 1. The van der Waals surface area contributed by atoms with Gasteiger partial charge in [-0.05, 0) is 25.0 Å². The van der Waals surface area contributed by atoms with E-state index >= 15 is 0 Å². The van der Waals surface area contributed by atoms with Crippen molar-refractivity contribution >= 4 is 23.5 Å². The second kappa shape index (κ2) is 7.59. The lowest BCUT2D eigenvalue weighted by Crippen LogP contribution is -2.41. The Morgan fingerprint density at radius 2 is 1.73 bits per heavy atom. The third-order valence-electron chi connectivity index (χ3n) is 3.81. The summed E-state index contributed by atoms with van der Waals surface area (Å²) in [5.74, 6) is -1.25. The van der Waals surface area contributed by atoms with Crippen molar-refractivity contribution in [2.24, 2.45) is 5.92 Å². The predicted octanol–water partition coefficient (Wildman–Crippen LogP) is 1.73. The van der Waals surface area contributed by atoms with Crippen molar-refractivity contribution in [3.05, 3.63) is 30.3 Å². The van der Waals surface area contributed by atoms with Crippen molar-refractivity contribution in [1.82, 2.24) is 4.90 Å². The molecular weight excluding hydrogens is 284 g/mol. The van der Waals surface area contributed by atoms with Gasteiger partial charge in [0.05, 0.1) is 6.42 Å². The number of hydrogen-bond acceptors (Lipinski definition) is 3. The number of anilines is 1. The average molecular weight is 304 g/mol. The summed E-state index contributed by atoms with van der Waals surface area (Å²) in [7, 11) is 0. The molecule has 0 radical (unpaired) electrons. The summed E-state index contributed by atoms with van der Waals surface area (Å²) in [6.45, 7) is 1.01. The van der Waals surface area contributed by atoms with Crippen LogP contribution in [-0.2, 0) is 14.4 Å². The van der Waals surface area contributed by atoms with Gasteiger partial charge in [0.2, 0.25) is 11.8 Å². The van der Waals surface area contributed by atoms with Crippen molar-refractivity contribution in [1.29, 1.82) is 0 Å². The summed E-state index contributed by atoms with van der Waals surface area (Å²) in [5, 5.41) is 11.5. The number of piperidine rings is 1. The van der Waals surface area contributed by atoms with Crippen molar-refractivity contribution < 1.29 is 19.5 Å². The molecule has 1 aliphatic heterocycles. The van der Waals surface area contributed by atoms with Crippen LogP contribution in [0.15, 0.2) is 30.3 Å². The van der Waals surface area contributed by atoms with Crippen molar-refractivity contribution in [3.63, 3.8) is 0 Å². The van der Waals surface area contributed by atoms with Crippen LogP contribution in [0, 0.1) is 5.92 Å². The van der Waals surface area contributed by atoms with E-state index in [0.717, 1.165) is 5.69 Å². The topological polar surface area (TPSA) is 86.7 Å². The molecule has 118 valence electrons. The van der Waals surface area contributed by atoms with Crippen LogP contribution >= 0.6 is 0 Å². The first-order valence-electron chi connectivity index (χ1n) is 7.42. The van der Waals surface area contributed by atoms with E-state index in [1.165, 1.54) is 0 Å². The molecule has 0 atom stereocenters. The highest BCUT2D eigenvalue weighted by molar-refractivity contribution is 5.92. The minimum absolute atomic E-state index is 0.0240. The van der Waals surface area contributed by atoms with E-state index in [9.17, 15) is 14.4 Å². The first-order valence-corrected chi connectivity index (χ1v) is 7.42. The number of carbonyl (C=O) groups excluding carboxylic acids is 2. The fraction of sp³-hybridized carbons (Fsp3) is 0.438. The SMILES string of the molecule is O=C(O)CCC(=O)N1CCC(C(=O)Nc2ccccc2)CC1. The summed E-state index contributed by atoms with van der Waals surface area (Å²) < 4.78 is 0. The Bertz CT molecular complexity index is 536. The molecule has 6 nitrogen and oxygen atoms in total. The normalized spacial score (nSPS) is 15.4. The largest absolute Gasteiger partial charge is 0.481 e. The molecule has 1 aliphatic rings. The molecule has 0 spiro atoms. The Labute approximate surface area is 129 Å². The van der Waals surface area contributed by atoms with E-state index in [0.29, 0.717) is 25.9 Å². The van der Waals surface area contributed by atoms with Crippen molar-refractivity contribution in [3.8, 4) is 0 Å². The maximum Gasteiger partial charge on any atom is 0.303 e. The van der Waals surface area contributed by atoms with E-state index in [-0.39, 0.29) is 30.6 Å². The Morgan fingerprint density at radius 3 is 2.32 bits per heavy atom. The minimum atomic E-state index is -0.967. The van der Waals surface area contributed by atoms with Gasteiger partial charge in [-0.2, -0.15) is 0 Å². The molecule has 2 rings (SSSR count). The first kappa shape index (κ1) is 16.0. The van der Waals surface area contributed by atoms with Crippen LogP contribution in [-0.4, -0.2) is 40.9 Å². The molecular formula is C16H20N2O4. The number of para-hydroxylation sites is 1. The van der Waals surface area contributed by atoms with E-state index in [4.69, 9.17) is 5.11 Å². The molecule has 2 N–H and O–H groups in total. The smallest absolute Gasteiger partial charge is 0.303 e. The number of likely N-dealkylation sites (tertiary alicyclic amines) is 1. The molecule has 1 aromatic rings. The monoisotopic (exact) mass is 304 g/mol. The summed E-state index contributed by atoms with van der Waals surface area (Å²) >= 11 is 0. The number of rotatable bonds is 5. The number of hydrogen-bond donors (Lipinski definition) is 2. The van der Waals surface area contributed by atoms with Crippen LogP contribution < -0.4 is 5.32 Å². The molecule has 0 saturated carbocycles. The highest BCUT2D eigenvalue weighted by Gasteiger charge is 2.27. The number of benzene rings is 1. The molecule has 0 aromatic heterocycles. The van der Waals surface area contributed by atoms with Gasteiger partial charge in [0.25, 0.3) is 0 Å². The third kappa shape index (κ3) is 4.58. The number of carbonyl (C=O) groups is 3.